The number of aliphatic hydroxyl groups excluding tert-OH is 1. The van der Waals surface area contributed by atoms with Gasteiger partial charge in [-0.2, -0.15) is 13.6 Å². The minimum absolute atomic E-state index is 0.182. The third-order valence-corrected chi connectivity index (χ3v) is 8.25. The van der Waals surface area contributed by atoms with Crippen LogP contribution in [0, 0.1) is 11.8 Å². The number of H-pyrrole nitrogens is 1. The molecule has 0 radical (unpaired) electrons. The minimum atomic E-state index is -5.80. The molecule has 2 aromatic heterocycles. The van der Waals surface area contributed by atoms with E-state index in [1.54, 1.807) is 0 Å². The highest BCUT2D eigenvalue weighted by Crippen LogP contribution is 2.66. The number of hydrogen-bond acceptors (Lipinski definition) is 13. The number of anilines is 1. The van der Waals surface area contributed by atoms with E-state index in [1.165, 1.54) is 0 Å². The van der Waals surface area contributed by atoms with E-state index >= 15 is 0 Å². The number of nitrogens with zero attached hydrogens (tertiary/aromatic N) is 3. The van der Waals surface area contributed by atoms with Gasteiger partial charge in [0.05, 0.1) is 12.9 Å². The van der Waals surface area contributed by atoms with Gasteiger partial charge >= 0.3 is 23.5 Å². The number of nitrogens with two attached hydrogens (primary N) is 2. The van der Waals surface area contributed by atoms with Crippen LogP contribution in [-0.2, 0) is 31.6 Å². The van der Waals surface area contributed by atoms with Crippen LogP contribution in [0.4, 0.5) is 10.3 Å². The Morgan fingerprint density at radius 2 is 1.92 bits per heavy atom. The lowest BCUT2D eigenvalue weighted by Crippen LogP contribution is -2.53. The number of phosphoric acid groups is 3. The summed E-state index contributed by atoms with van der Waals surface area (Å²) in [5, 5.41) is 10.7. The van der Waals surface area contributed by atoms with E-state index in [2.05, 4.69) is 34.0 Å². The Morgan fingerprint density at radius 1 is 1.25 bits per heavy atom. The molecule has 2 aromatic rings. The first-order valence-electron chi connectivity index (χ1n) is 9.17. The van der Waals surface area contributed by atoms with Gasteiger partial charge in [-0.15, -0.1) is 0 Å². The molecule has 23 heteroatoms. The van der Waals surface area contributed by atoms with Crippen molar-refractivity contribution in [3.8, 4) is 11.8 Å². The molecule has 200 valence electrons. The molecule has 3 heterocycles. The number of ether oxygens (including phenoxy) is 1. The predicted octanol–water partition coefficient (Wildman–Crippen LogP) is -2.03. The van der Waals surface area contributed by atoms with Crippen molar-refractivity contribution < 1.29 is 60.6 Å². The first kappa shape index (κ1) is 28.5. The lowest BCUT2D eigenvalue weighted by atomic mass is 9.91. The second-order valence-electron chi connectivity index (χ2n) is 7.00. The maximum absolute atomic E-state index is 12.8. The summed E-state index contributed by atoms with van der Waals surface area (Å²) in [4.78, 5) is 58.0. The number of nitrogens with one attached hydrogen (secondary N) is 1. The number of hydrogen-bond donors (Lipinski definition) is 8. The van der Waals surface area contributed by atoms with Gasteiger partial charge in [0.1, 0.15) is 18.9 Å². The Bertz CT molecular complexity index is 1420. The highest BCUT2D eigenvalue weighted by Gasteiger charge is 2.55. The lowest BCUT2D eigenvalue weighted by Gasteiger charge is -2.27. The molecule has 6 atom stereocenters. The normalized spacial score (nSPS) is 27.8. The van der Waals surface area contributed by atoms with Crippen molar-refractivity contribution in [2.45, 2.75) is 24.0 Å². The number of phosphoric ester groups is 1. The molecule has 3 rings (SSSR count). The van der Waals surface area contributed by atoms with Crippen LogP contribution >= 0.6 is 23.5 Å². The van der Waals surface area contributed by atoms with E-state index in [0.29, 0.717) is 0 Å². The molecule has 0 aliphatic carbocycles. The summed E-state index contributed by atoms with van der Waals surface area (Å²) >= 11 is 0. The quantitative estimate of drug-likeness (QED) is 0.124. The topological polar surface area (TPSA) is 305 Å². The fourth-order valence-corrected chi connectivity index (χ4v) is 6.17. The fourth-order valence-electron chi connectivity index (χ4n) is 3.14. The van der Waals surface area contributed by atoms with Gasteiger partial charge in [0.25, 0.3) is 5.56 Å². The Morgan fingerprint density at radius 3 is 2.53 bits per heavy atom. The van der Waals surface area contributed by atoms with Crippen LogP contribution < -0.4 is 17.0 Å². The van der Waals surface area contributed by atoms with Crippen LogP contribution in [0.3, 0.4) is 0 Å². The summed E-state index contributed by atoms with van der Waals surface area (Å²) in [6, 6.07) is 0. The van der Waals surface area contributed by atoms with Gasteiger partial charge in [0.15, 0.2) is 22.9 Å². The van der Waals surface area contributed by atoms with E-state index < -0.39 is 66.3 Å². The number of rotatable bonds is 8. The van der Waals surface area contributed by atoms with Gasteiger partial charge in [-0.3, -0.25) is 18.9 Å². The average Bonchev–Trinajstić information content (AvgIpc) is 3.22. The van der Waals surface area contributed by atoms with Crippen LogP contribution in [0.15, 0.2) is 11.1 Å². The van der Waals surface area contributed by atoms with Crippen LogP contribution in [0.5, 0.6) is 0 Å². The summed E-state index contributed by atoms with van der Waals surface area (Å²) < 4.78 is 65.2. The first-order valence-corrected chi connectivity index (χ1v) is 13.7. The van der Waals surface area contributed by atoms with Crippen LogP contribution in [-0.4, -0.2) is 75.2 Å². The van der Waals surface area contributed by atoms with Crippen LogP contribution in [0.25, 0.3) is 11.2 Å². The number of imidazole rings is 1. The summed E-state index contributed by atoms with van der Waals surface area (Å²) in [7, 11) is -17.0. The third kappa shape index (κ3) is 6.25. The fraction of sp³-hybridized carbons (Fsp3) is 0.462. The summed E-state index contributed by atoms with van der Waals surface area (Å²) in [6.45, 7) is -2.29. The molecule has 1 aliphatic rings. The number of halogens is 1. The molecule has 1 saturated heterocycles. The summed E-state index contributed by atoms with van der Waals surface area (Å²) in [5.41, 5.74) is 8.40. The zero-order chi connectivity index (χ0) is 27.1. The highest BCUT2D eigenvalue weighted by atomic mass is 31.3. The predicted molar refractivity (Wildman–Crippen MR) is 113 cm³/mol. The second kappa shape index (κ2) is 10.0. The Balaban J connectivity index is 1.89. The molecule has 0 saturated carbocycles. The zero-order valence-electron chi connectivity index (χ0n) is 17.4. The van der Waals surface area contributed by atoms with Gasteiger partial charge in [-0.25, -0.2) is 23.1 Å². The Kier molecular flexibility index (Phi) is 7.92. The average molecular weight is 578 g/mol. The molecule has 10 N–H and O–H groups in total. The highest BCUT2D eigenvalue weighted by molar-refractivity contribution is 7.66. The van der Waals surface area contributed by atoms with Crippen molar-refractivity contribution in [2.75, 3.05) is 19.0 Å². The van der Waals surface area contributed by atoms with Gasteiger partial charge < -0.3 is 40.9 Å². The molecule has 0 spiro atoms. The number of aliphatic hydroxyl groups is 1. The number of alkyl halides is 1. The van der Waals surface area contributed by atoms with E-state index in [1.807, 2.05) is 5.92 Å². The Hall–Kier alpha value is -2.07. The first-order chi connectivity index (χ1) is 16.5. The SMILES string of the molecule is Nc1nc2c(ncn2[C@@H]2O[C@H](COP(=O)(O)OP(=O)(O)OP(=O)(O)O)[C@H](O)C2(N)C#CCF)c(=O)[nH]1. The summed E-state index contributed by atoms with van der Waals surface area (Å²) in [5.74, 6) is 3.94. The van der Waals surface area contributed by atoms with Gasteiger partial charge in [-0.1, -0.05) is 11.8 Å². The summed E-state index contributed by atoms with van der Waals surface area (Å²) in [6.07, 6.45) is -4.10. The molecule has 1 aliphatic heterocycles. The molecular weight excluding hydrogens is 560 g/mol. The molecular formula is C13H18FN6O13P3. The zero-order valence-corrected chi connectivity index (χ0v) is 20.1. The van der Waals surface area contributed by atoms with Gasteiger partial charge in [-0.05, 0) is 0 Å². The smallest absolute Gasteiger partial charge is 0.387 e. The van der Waals surface area contributed by atoms with E-state index in [9.17, 15) is 37.8 Å². The van der Waals surface area contributed by atoms with E-state index in [-0.39, 0.29) is 17.1 Å². The molecule has 36 heavy (non-hydrogen) atoms. The number of aromatic amines is 1. The Labute approximate surface area is 198 Å². The largest absolute Gasteiger partial charge is 0.490 e. The van der Waals surface area contributed by atoms with Crippen molar-refractivity contribution in [3.63, 3.8) is 0 Å². The van der Waals surface area contributed by atoms with E-state index in [0.717, 1.165) is 10.9 Å². The maximum Gasteiger partial charge on any atom is 0.490 e. The standard InChI is InChI=1S/C13H18FN6O13P3/c14-3-1-2-13(16)8(21)6(4-30-35(26,27)33-36(28,29)32-34(23,24)25)31-11(13)20-5-17-7-9(20)18-12(15)19-10(7)22/h5-6,8,11,21H,3-4,16H2,(H,26,27)(H,28,29)(H2,23,24,25)(H3,15,18,19,22)/t6-,8+,11-,13?/m1/s1. The molecule has 19 nitrogen and oxygen atoms in total. The monoisotopic (exact) mass is 578 g/mol. The maximum atomic E-state index is 12.8. The molecule has 0 aromatic carbocycles. The van der Waals surface area contributed by atoms with Crippen molar-refractivity contribution in [1.82, 2.24) is 19.5 Å². The minimum Gasteiger partial charge on any atom is -0.387 e. The van der Waals surface area contributed by atoms with Crippen molar-refractivity contribution in [3.05, 3.63) is 16.7 Å². The molecule has 0 amide bonds. The van der Waals surface area contributed by atoms with Crippen molar-refractivity contribution >= 4 is 40.6 Å². The number of fused-ring (bicyclic) bond motifs is 1. The second-order valence-corrected chi connectivity index (χ2v) is 11.4. The lowest BCUT2D eigenvalue weighted by molar-refractivity contribution is -0.0438. The third-order valence-electron chi connectivity index (χ3n) is 4.45. The van der Waals surface area contributed by atoms with Crippen molar-refractivity contribution in [2.24, 2.45) is 5.73 Å². The molecule has 0 bridgehead atoms. The van der Waals surface area contributed by atoms with Crippen LogP contribution in [0.2, 0.25) is 0 Å². The molecule has 3 unspecified atom stereocenters. The molecule has 1 fully saturated rings. The van der Waals surface area contributed by atoms with Crippen molar-refractivity contribution in [1.29, 1.82) is 0 Å². The number of aromatic nitrogens is 4. The number of nitrogen functional groups attached to an aromatic ring is 1. The van der Waals surface area contributed by atoms with Crippen LogP contribution in [0.1, 0.15) is 6.23 Å². The van der Waals surface area contributed by atoms with Gasteiger partial charge in [0.2, 0.25) is 5.95 Å². The van der Waals surface area contributed by atoms with Gasteiger partial charge in [0, 0.05) is 0 Å². The van der Waals surface area contributed by atoms with E-state index in [4.69, 9.17) is 26.0 Å².